The molecule has 0 aromatic heterocycles. The van der Waals surface area contributed by atoms with Crippen molar-refractivity contribution in [3.63, 3.8) is 0 Å². The molecule has 0 aliphatic rings. The fourth-order valence-corrected chi connectivity index (χ4v) is 4.54. The second kappa shape index (κ2) is 10.4. The minimum atomic E-state index is -3.78. The molecule has 158 valence electrons. The number of benzene rings is 2. The Hall–Kier alpha value is -2.35. The van der Waals surface area contributed by atoms with Gasteiger partial charge in [-0.25, -0.2) is 8.42 Å². The highest BCUT2D eigenvalue weighted by molar-refractivity contribution is 7.89. The van der Waals surface area contributed by atoms with Gasteiger partial charge < -0.3 is 14.6 Å². The minimum absolute atomic E-state index is 0.184. The summed E-state index contributed by atoms with van der Waals surface area (Å²) in [4.78, 5) is 0. The van der Waals surface area contributed by atoms with Crippen LogP contribution in [-0.4, -0.2) is 43.4 Å². The Bertz CT molecular complexity index is 829. The van der Waals surface area contributed by atoms with Gasteiger partial charge in [-0.2, -0.15) is 4.31 Å². The maximum atomic E-state index is 13.3. The molecule has 2 rings (SSSR count). The van der Waals surface area contributed by atoms with Gasteiger partial charge in [0.05, 0.1) is 25.6 Å². The molecule has 2 atom stereocenters. The molecular weight excluding hydrogens is 390 g/mol. The van der Waals surface area contributed by atoms with Gasteiger partial charge in [0.15, 0.2) is 0 Å². The van der Waals surface area contributed by atoms with Gasteiger partial charge in [-0.3, -0.25) is 0 Å². The molecule has 29 heavy (non-hydrogen) atoms. The summed E-state index contributed by atoms with van der Waals surface area (Å²) < 4.78 is 38.3. The van der Waals surface area contributed by atoms with Crippen molar-refractivity contribution in [2.75, 3.05) is 14.2 Å². The molecule has 2 aromatic carbocycles. The minimum Gasteiger partial charge on any atom is -0.497 e. The molecule has 0 fully saturated rings. The zero-order valence-electron chi connectivity index (χ0n) is 17.1. The van der Waals surface area contributed by atoms with Crippen LogP contribution in [-0.2, 0) is 23.1 Å². The molecule has 6 nitrogen and oxygen atoms in total. The quantitative estimate of drug-likeness (QED) is 0.565. The van der Waals surface area contributed by atoms with Crippen molar-refractivity contribution in [2.24, 2.45) is 0 Å². The number of aliphatic hydroxyl groups excluding tert-OH is 1. The molecule has 0 amide bonds. The second-order valence-electron chi connectivity index (χ2n) is 6.81. The Kier molecular flexibility index (Phi) is 8.25. The summed E-state index contributed by atoms with van der Waals surface area (Å²) in [6.45, 7) is 5.48. The summed E-state index contributed by atoms with van der Waals surface area (Å²) in [7, 11) is -0.614. The summed E-state index contributed by atoms with van der Waals surface area (Å²) in [5.41, 5.74) is 1.65. The first-order valence-electron chi connectivity index (χ1n) is 9.35. The first kappa shape index (κ1) is 22.9. The lowest BCUT2D eigenvalue weighted by molar-refractivity contribution is 0.172. The van der Waals surface area contributed by atoms with Crippen molar-refractivity contribution >= 4 is 10.0 Å². The molecule has 0 spiro atoms. The van der Waals surface area contributed by atoms with E-state index in [-0.39, 0.29) is 19.5 Å². The van der Waals surface area contributed by atoms with E-state index in [9.17, 15) is 13.5 Å². The first-order chi connectivity index (χ1) is 13.8. The third-order valence-electron chi connectivity index (χ3n) is 4.82. The van der Waals surface area contributed by atoms with Crippen LogP contribution in [0.3, 0.4) is 0 Å². The Morgan fingerprint density at radius 2 is 1.38 bits per heavy atom. The number of aliphatic hydroxyl groups is 1. The summed E-state index contributed by atoms with van der Waals surface area (Å²) in [6, 6.07) is 14.5. The van der Waals surface area contributed by atoms with Gasteiger partial charge in [-0.05, 0) is 48.7 Å². The number of methoxy groups -OCH3 is 2. The van der Waals surface area contributed by atoms with Crippen molar-refractivity contribution in [1.82, 2.24) is 4.31 Å². The number of ether oxygens (including phenoxy) is 2. The number of nitrogens with zero attached hydrogens (tertiary/aromatic N) is 1. The smallest absolute Gasteiger partial charge is 0.219 e. The average molecular weight is 420 g/mol. The van der Waals surface area contributed by atoms with Gasteiger partial charge >= 0.3 is 0 Å². The molecule has 7 heteroatoms. The van der Waals surface area contributed by atoms with Crippen LogP contribution in [0.5, 0.6) is 11.5 Å². The molecule has 0 radical (unpaired) electrons. The van der Waals surface area contributed by atoms with Crippen LogP contribution in [0.2, 0.25) is 0 Å². The van der Waals surface area contributed by atoms with Crippen LogP contribution in [0.25, 0.3) is 0 Å². The third-order valence-corrected chi connectivity index (χ3v) is 7.05. The SMILES string of the molecule is C=CC[C@H](O)[C@H](C)S(=O)(=O)N(Cc1ccc(OC)cc1)Cc1ccc(OC)cc1. The highest BCUT2D eigenvalue weighted by Gasteiger charge is 2.33. The largest absolute Gasteiger partial charge is 0.497 e. The molecule has 0 heterocycles. The van der Waals surface area contributed by atoms with Crippen LogP contribution in [0.1, 0.15) is 24.5 Å². The van der Waals surface area contributed by atoms with E-state index in [0.29, 0.717) is 11.5 Å². The average Bonchev–Trinajstić information content (AvgIpc) is 2.73. The van der Waals surface area contributed by atoms with Gasteiger partial charge in [-0.1, -0.05) is 30.3 Å². The number of rotatable bonds is 11. The normalized spacial score (nSPS) is 13.7. The van der Waals surface area contributed by atoms with Gasteiger partial charge in [0.1, 0.15) is 11.5 Å². The molecule has 0 aliphatic carbocycles. The zero-order chi connectivity index (χ0) is 21.4. The van der Waals surface area contributed by atoms with Crippen LogP contribution in [0.4, 0.5) is 0 Å². The molecule has 0 saturated heterocycles. The highest BCUT2D eigenvalue weighted by atomic mass is 32.2. The monoisotopic (exact) mass is 419 g/mol. The van der Waals surface area contributed by atoms with Crippen molar-refractivity contribution in [2.45, 2.75) is 37.8 Å². The molecule has 2 aromatic rings. The Morgan fingerprint density at radius 3 is 1.72 bits per heavy atom. The van der Waals surface area contributed by atoms with Gasteiger partial charge in [-0.15, -0.1) is 6.58 Å². The highest BCUT2D eigenvalue weighted by Crippen LogP contribution is 2.23. The van der Waals surface area contributed by atoms with Crippen molar-refractivity contribution in [1.29, 1.82) is 0 Å². The zero-order valence-corrected chi connectivity index (χ0v) is 17.9. The molecular formula is C22H29NO5S. The summed E-state index contributed by atoms with van der Waals surface area (Å²) >= 11 is 0. The predicted octanol–water partition coefficient (Wildman–Crippen LogP) is 3.36. The lowest BCUT2D eigenvalue weighted by atomic mass is 10.2. The summed E-state index contributed by atoms with van der Waals surface area (Å²) in [6.07, 6.45) is 0.708. The van der Waals surface area contributed by atoms with E-state index < -0.39 is 21.4 Å². The first-order valence-corrected chi connectivity index (χ1v) is 10.9. The van der Waals surface area contributed by atoms with E-state index in [1.165, 1.54) is 17.3 Å². The van der Waals surface area contributed by atoms with Crippen LogP contribution in [0, 0.1) is 0 Å². The van der Waals surface area contributed by atoms with Crippen molar-refractivity contribution < 1.29 is 23.0 Å². The van der Waals surface area contributed by atoms with Crippen LogP contribution < -0.4 is 9.47 Å². The maximum absolute atomic E-state index is 13.3. The van der Waals surface area contributed by atoms with E-state index in [1.807, 2.05) is 24.3 Å². The molecule has 0 bridgehead atoms. The topological polar surface area (TPSA) is 76.1 Å². The van der Waals surface area contributed by atoms with E-state index >= 15 is 0 Å². The van der Waals surface area contributed by atoms with Crippen molar-refractivity contribution in [3.05, 3.63) is 72.3 Å². The second-order valence-corrected chi connectivity index (χ2v) is 9.10. The summed E-state index contributed by atoms with van der Waals surface area (Å²) in [5.74, 6) is 1.40. The van der Waals surface area contributed by atoms with E-state index in [1.54, 1.807) is 38.5 Å². The van der Waals surface area contributed by atoms with E-state index in [0.717, 1.165) is 11.1 Å². The molecule has 0 aliphatic heterocycles. The van der Waals surface area contributed by atoms with Gasteiger partial charge in [0.2, 0.25) is 10.0 Å². The van der Waals surface area contributed by atoms with Crippen molar-refractivity contribution in [3.8, 4) is 11.5 Å². The van der Waals surface area contributed by atoms with Crippen LogP contribution >= 0.6 is 0 Å². The molecule has 0 saturated carbocycles. The molecule has 0 unspecified atom stereocenters. The van der Waals surface area contributed by atoms with E-state index in [2.05, 4.69) is 6.58 Å². The summed E-state index contributed by atoms with van der Waals surface area (Å²) in [5, 5.41) is 9.30. The van der Waals surface area contributed by atoms with Gasteiger partial charge in [0, 0.05) is 13.1 Å². The third kappa shape index (κ3) is 6.06. The number of hydrogen-bond donors (Lipinski definition) is 1. The number of hydrogen-bond acceptors (Lipinski definition) is 5. The standard InChI is InChI=1S/C22H29NO5S/c1-5-6-22(24)17(2)29(25,26)23(15-18-7-11-20(27-3)12-8-18)16-19-9-13-21(28-4)14-10-19/h5,7-14,17,22,24H,1,6,15-16H2,2-4H3/t17-,22-/m0/s1. The van der Waals surface area contributed by atoms with E-state index in [4.69, 9.17) is 9.47 Å². The lowest BCUT2D eigenvalue weighted by Gasteiger charge is -2.28. The maximum Gasteiger partial charge on any atom is 0.219 e. The van der Waals surface area contributed by atoms with Gasteiger partial charge in [0.25, 0.3) is 0 Å². The fourth-order valence-electron chi connectivity index (χ4n) is 2.90. The predicted molar refractivity (Wildman–Crippen MR) is 114 cm³/mol. The number of sulfonamides is 1. The Balaban J connectivity index is 2.32. The molecule has 1 N–H and O–H groups in total. The Morgan fingerprint density at radius 1 is 0.966 bits per heavy atom. The Labute approximate surface area is 173 Å². The fraction of sp³-hybridized carbons (Fsp3) is 0.364. The lowest BCUT2D eigenvalue weighted by Crippen LogP contribution is -2.42. The van der Waals surface area contributed by atoms with Crippen LogP contribution in [0.15, 0.2) is 61.2 Å².